The summed E-state index contributed by atoms with van der Waals surface area (Å²) in [5, 5.41) is 9.11. The first-order valence-electron chi connectivity index (χ1n) is 8.06. The Labute approximate surface area is 153 Å². The fourth-order valence-electron chi connectivity index (χ4n) is 3.37. The predicted molar refractivity (Wildman–Crippen MR) is 103 cm³/mol. The molecule has 2 atom stereocenters. The molecule has 1 heterocycles. The maximum Gasteiger partial charge on any atom is 0.301 e. The molecule has 1 aliphatic heterocycles. The smallest absolute Gasteiger partial charge is 0.301 e. The van der Waals surface area contributed by atoms with Gasteiger partial charge in [0.1, 0.15) is 7.85 Å². The van der Waals surface area contributed by atoms with Crippen LogP contribution in [0.3, 0.4) is 0 Å². The second kappa shape index (κ2) is 10.2. The number of carboxylic acid groups (broad SMARTS) is 1. The molecule has 0 aliphatic carbocycles. The number of aliphatic carboxylic acids is 1. The highest BCUT2D eigenvalue weighted by Gasteiger charge is 2.43. The first-order chi connectivity index (χ1) is 10.1. The lowest BCUT2D eigenvalue weighted by atomic mass is 9.57. The van der Waals surface area contributed by atoms with Crippen LogP contribution in [0.4, 0.5) is 0 Å². The molecule has 2 unspecified atom stereocenters. The molecule has 0 aromatic heterocycles. The van der Waals surface area contributed by atoms with Crippen LogP contribution in [-0.4, -0.2) is 36.9 Å². The molecule has 0 saturated carbocycles. The zero-order valence-electron chi connectivity index (χ0n) is 14.0. The van der Waals surface area contributed by atoms with Crippen LogP contribution in [0.5, 0.6) is 0 Å². The monoisotopic (exact) mass is 359 g/mol. The van der Waals surface area contributed by atoms with E-state index >= 15 is 0 Å². The second-order valence-corrected chi connectivity index (χ2v) is 6.53. The van der Waals surface area contributed by atoms with Gasteiger partial charge in [-0.3, -0.25) is 9.69 Å². The first kappa shape index (κ1) is 22.3. The molecule has 0 spiro atoms. The van der Waals surface area contributed by atoms with E-state index in [0.29, 0.717) is 0 Å². The number of unbranched alkanes of at least 4 members (excludes halogenated alkanes) is 1. The predicted octanol–water partition coefficient (Wildman–Crippen LogP) is 3.42. The highest BCUT2D eigenvalue weighted by atomic mass is 35.5. The van der Waals surface area contributed by atoms with Crippen LogP contribution in [0.2, 0.25) is 5.31 Å². The van der Waals surface area contributed by atoms with E-state index in [2.05, 4.69) is 36.1 Å². The minimum absolute atomic E-state index is 0. The lowest BCUT2D eigenvalue weighted by Gasteiger charge is -2.31. The van der Waals surface area contributed by atoms with Crippen molar-refractivity contribution >= 4 is 38.6 Å². The fourth-order valence-corrected chi connectivity index (χ4v) is 3.37. The van der Waals surface area contributed by atoms with Crippen LogP contribution >= 0.6 is 24.8 Å². The molecule has 1 N–H and O–H groups in total. The Morgan fingerprint density at radius 2 is 2.00 bits per heavy atom. The molecule has 0 bridgehead atoms. The largest absolute Gasteiger partial charge is 0.481 e. The number of carbonyl (C=O) groups is 1. The van der Waals surface area contributed by atoms with Gasteiger partial charge in [0.05, 0.1) is 0 Å². The maximum absolute atomic E-state index is 11.8. The molecule has 6 heteroatoms. The number of halogens is 2. The number of benzene rings is 1. The Kier molecular flexibility index (Phi) is 9.91. The van der Waals surface area contributed by atoms with Crippen LogP contribution in [-0.2, 0) is 11.3 Å². The summed E-state index contributed by atoms with van der Waals surface area (Å²) < 4.78 is 0. The third-order valence-corrected chi connectivity index (χ3v) is 4.96. The first-order valence-corrected chi connectivity index (χ1v) is 8.06. The Balaban J connectivity index is 0.00000242. The molecule has 1 aromatic carbocycles. The van der Waals surface area contributed by atoms with Crippen molar-refractivity contribution in [3.8, 4) is 0 Å². The highest BCUT2D eigenvalue weighted by Crippen LogP contribution is 2.43. The summed E-state index contributed by atoms with van der Waals surface area (Å²) >= 11 is 0. The second-order valence-electron chi connectivity index (χ2n) is 6.53. The molecule has 1 aliphatic rings. The van der Waals surface area contributed by atoms with Gasteiger partial charge in [-0.1, -0.05) is 50.1 Å². The third kappa shape index (κ3) is 5.70. The summed E-state index contributed by atoms with van der Waals surface area (Å²) in [6, 6.07) is 10.4. The van der Waals surface area contributed by atoms with Gasteiger partial charge in [-0.2, -0.15) is 0 Å². The SMILES string of the molecule is BC(CCCC)(C(=O)O)C1CCN(Cc2ccccc2)C1.Cl.Cl. The normalized spacial score (nSPS) is 20.1. The Morgan fingerprint density at radius 1 is 1.35 bits per heavy atom. The van der Waals surface area contributed by atoms with Gasteiger partial charge in [0.25, 0.3) is 0 Å². The topological polar surface area (TPSA) is 40.5 Å². The van der Waals surface area contributed by atoms with Crippen LogP contribution in [0.1, 0.15) is 38.2 Å². The van der Waals surface area contributed by atoms with Crippen molar-refractivity contribution in [1.29, 1.82) is 0 Å². The van der Waals surface area contributed by atoms with E-state index in [9.17, 15) is 9.90 Å². The van der Waals surface area contributed by atoms with Crippen LogP contribution in [0.15, 0.2) is 30.3 Å². The number of hydrogen-bond donors (Lipinski definition) is 1. The van der Waals surface area contributed by atoms with Gasteiger partial charge in [0.2, 0.25) is 0 Å². The molecule has 1 aromatic rings. The van der Waals surface area contributed by atoms with Gasteiger partial charge in [-0.15, -0.1) is 24.8 Å². The zero-order chi connectivity index (χ0) is 15.3. The molecule has 1 fully saturated rings. The zero-order valence-corrected chi connectivity index (χ0v) is 15.7. The van der Waals surface area contributed by atoms with Gasteiger partial charge in [0, 0.05) is 18.4 Å². The van der Waals surface area contributed by atoms with Gasteiger partial charge < -0.3 is 5.11 Å². The van der Waals surface area contributed by atoms with Gasteiger partial charge in [-0.05, 0) is 30.9 Å². The Hall–Kier alpha value is -0.705. The Morgan fingerprint density at radius 3 is 2.57 bits per heavy atom. The van der Waals surface area contributed by atoms with E-state index in [-0.39, 0.29) is 30.7 Å². The quantitative estimate of drug-likeness (QED) is 0.758. The van der Waals surface area contributed by atoms with Crippen LogP contribution in [0, 0.1) is 5.92 Å². The standard InChI is InChI=1S/C17H26BNO2.2ClH/c1-2-3-10-17(18,16(20)21)15-9-11-19(13-15)12-14-7-5-4-6-8-14;;/h4-8,15H,2-3,9-13,18H2,1H3,(H,20,21);2*1H. The molecule has 130 valence electrons. The Bertz CT molecular complexity index is 475. The number of rotatable bonds is 7. The summed E-state index contributed by atoms with van der Waals surface area (Å²) in [6.07, 6.45) is 3.85. The van der Waals surface area contributed by atoms with Crippen molar-refractivity contribution in [2.24, 2.45) is 5.92 Å². The molecule has 1 saturated heterocycles. The fraction of sp³-hybridized carbons (Fsp3) is 0.588. The number of hydrogen-bond acceptors (Lipinski definition) is 2. The lowest BCUT2D eigenvalue weighted by Crippen LogP contribution is -2.34. The number of nitrogens with zero attached hydrogens (tertiary/aromatic N) is 1. The minimum Gasteiger partial charge on any atom is -0.481 e. The van der Waals surface area contributed by atoms with Crippen LogP contribution < -0.4 is 0 Å². The number of likely N-dealkylation sites (tertiary alicyclic amines) is 1. The average molecular weight is 360 g/mol. The summed E-state index contributed by atoms with van der Waals surface area (Å²) in [7, 11) is 1.95. The highest BCUT2D eigenvalue weighted by molar-refractivity contribution is 6.27. The van der Waals surface area contributed by atoms with Gasteiger partial charge in [-0.25, -0.2) is 0 Å². The van der Waals surface area contributed by atoms with E-state index in [1.54, 1.807) is 0 Å². The molecule has 2 rings (SSSR count). The van der Waals surface area contributed by atoms with Crippen molar-refractivity contribution in [3.05, 3.63) is 35.9 Å². The van der Waals surface area contributed by atoms with Crippen molar-refractivity contribution in [1.82, 2.24) is 4.90 Å². The van der Waals surface area contributed by atoms with Crippen molar-refractivity contribution in [3.63, 3.8) is 0 Å². The van der Waals surface area contributed by atoms with E-state index < -0.39 is 11.3 Å². The average Bonchev–Trinajstić information content (AvgIpc) is 2.94. The number of carboxylic acids is 1. The molecule has 0 amide bonds. The van der Waals surface area contributed by atoms with Gasteiger partial charge in [0.15, 0.2) is 0 Å². The van der Waals surface area contributed by atoms with Gasteiger partial charge >= 0.3 is 5.97 Å². The minimum atomic E-state index is -0.623. The van der Waals surface area contributed by atoms with Crippen molar-refractivity contribution < 1.29 is 9.90 Å². The van der Waals surface area contributed by atoms with E-state index in [1.165, 1.54) is 5.56 Å². The van der Waals surface area contributed by atoms with E-state index in [4.69, 9.17) is 0 Å². The molecule has 3 nitrogen and oxygen atoms in total. The van der Waals surface area contributed by atoms with E-state index in [0.717, 1.165) is 45.3 Å². The third-order valence-electron chi connectivity index (χ3n) is 4.96. The molecule has 0 radical (unpaired) electrons. The van der Waals surface area contributed by atoms with Crippen LogP contribution in [0.25, 0.3) is 0 Å². The summed E-state index contributed by atoms with van der Waals surface area (Å²) in [4.78, 5) is 14.2. The molecule has 23 heavy (non-hydrogen) atoms. The summed E-state index contributed by atoms with van der Waals surface area (Å²) in [5.74, 6) is -0.354. The van der Waals surface area contributed by atoms with Crippen molar-refractivity contribution in [2.75, 3.05) is 13.1 Å². The van der Waals surface area contributed by atoms with E-state index in [1.807, 2.05) is 13.9 Å². The lowest BCUT2D eigenvalue weighted by molar-refractivity contribution is -0.142. The maximum atomic E-state index is 11.8. The summed E-state index contributed by atoms with van der Waals surface area (Å²) in [5.41, 5.74) is 1.31. The molecular formula is C17H28BCl2NO2. The molecular weight excluding hydrogens is 332 g/mol. The summed E-state index contributed by atoms with van der Waals surface area (Å²) in [6.45, 7) is 4.97. The van der Waals surface area contributed by atoms with Crippen molar-refractivity contribution in [2.45, 2.75) is 44.5 Å².